The summed E-state index contributed by atoms with van der Waals surface area (Å²) in [6.45, 7) is -1.09. The second-order valence-corrected chi connectivity index (χ2v) is 2.95. The molecule has 1 nitrogen and oxygen atoms in total. The van der Waals surface area contributed by atoms with E-state index in [1.165, 1.54) is 25.2 Å². The summed E-state index contributed by atoms with van der Waals surface area (Å²) in [7, 11) is 1.27. The van der Waals surface area contributed by atoms with E-state index >= 15 is 0 Å². The predicted molar refractivity (Wildman–Crippen MR) is 45.7 cm³/mol. The van der Waals surface area contributed by atoms with Crippen LogP contribution in [0.2, 0.25) is 0 Å². The molecule has 0 spiro atoms. The first kappa shape index (κ1) is 10.8. The van der Waals surface area contributed by atoms with Crippen molar-refractivity contribution in [2.24, 2.45) is 0 Å². The topological polar surface area (TPSA) is 3.24 Å². The fourth-order valence-electron chi connectivity index (χ4n) is 1.07. The monoisotopic (exact) mass is 207 g/mol. The van der Waals surface area contributed by atoms with Crippen molar-refractivity contribution in [1.29, 1.82) is 0 Å². The van der Waals surface area contributed by atoms with E-state index in [-0.39, 0.29) is 5.69 Å². The van der Waals surface area contributed by atoms with Crippen LogP contribution in [0.3, 0.4) is 0 Å². The fraction of sp³-hybridized carbons (Fsp3) is 0.333. The minimum absolute atomic E-state index is 0.210. The van der Waals surface area contributed by atoms with Gasteiger partial charge in [-0.25, -0.2) is 4.39 Å². The maximum absolute atomic E-state index is 12.7. The van der Waals surface area contributed by atoms with E-state index in [9.17, 15) is 17.6 Å². The van der Waals surface area contributed by atoms with E-state index < -0.39 is 18.5 Å². The van der Waals surface area contributed by atoms with Crippen molar-refractivity contribution in [3.8, 4) is 0 Å². The zero-order chi connectivity index (χ0) is 10.8. The third-order valence-corrected chi connectivity index (χ3v) is 1.67. The lowest BCUT2D eigenvalue weighted by Gasteiger charge is -2.20. The first-order valence-electron chi connectivity index (χ1n) is 3.92. The van der Waals surface area contributed by atoms with Gasteiger partial charge in [-0.1, -0.05) is 6.07 Å². The average Bonchev–Trinajstić information content (AvgIpc) is 2.01. The number of nitrogens with zero attached hydrogens (tertiary/aromatic N) is 1. The molecule has 0 aliphatic carbocycles. The molecular weight excluding hydrogens is 198 g/mol. The largest absolute Gasteiger partial charge is 0.405 e. The van der Waals surface area contributed by atoms with Crippen LogP contribution in [0.25, 0.3) is 0 Å². The van der Waals surface area contributed by atoms with Crippen LogP contribution in [-0.4, -0.2) is 19.8 Å². The van der Waals surface area contributed by atoms with Crippen LogP contribution in [0.15, 0.2) is 24.3 Å². The van der Waals surface area contributed by atoms with Crippen molar-refractivity contribution < 1.29 is 17.6 Å². The molecule has 0 bridgehead atoms. The Kier molecular flexibility index (Phi) is 2.98. The summed E-state index contributed by atoms with van der Waals surface area (Å²) in [5.74, 6) is -0.545. The molecule has 1 aromatic carbocycles. The third kappa shape index (κ3) is 3.24. The zero-order valence-electron chi connectivity index (χ0n) is 7.48. The molecule has 14 heavy (non-hydrogen) atoms. The van der Waals surface area contributed by atoms with Crippen LogP contribution in [0, 0.1) is 5.82 Å². The zero-order valence-corrected chi connectivity index (χ0v) is 7.48. The maximum atomic E-state index is 12.7. The lowest BCUT2D eigenvalue weighted by molar-refractivity contribution is -0.119. The van der Waals surface area contributed by atoms with Gasteiger partial charge >= 0.3 is 6.18 Å². The number of halogens is 4. The van der Waals surface area contributed by atoms with E-state index in [0.717, 1.165) is 11.0 Å². The number of hydrogen-bond donors (Lipinski definition) is 0. The summed E-state index contributed by atoms with van der Waals surface area (Å²) in [5.41, 5.74) is 0.210. The molecule has 0 fully saturated rings. The van der Waals surface area contributed by atoms with Crippen molar-refractivity contribution in [1.82, 2.24) is 0 Å². The lowest BCUT2D eigenvalue weighted by atomic mass is 10.3. The van der Waals surface area contributed by atoms with E-state index in [0.29, 0.717) is 0 Å². The van der Waals surface area contributed by atoms with E-state index in [4.69, 9.17) is 0 Å². The van der Waals surface area contributed by atoms with E-state index in [1.54, 1.807) is 0 Å². The van der Waals surface area contributed by atoms with Crippen LogP contribution in [0.4, 0.5) is 23.2 Å². The molecule has 0 saturated carbocycles. The summed E-state index contributed by atoms with van der Waals surface area (Å²) < 4.78 is 48.5. The lowest BCUT2D eigenvalue weighted by Crippen LogP contribution is -2.30. The van der Waals surface area contributed by atoms with Crippen LogP contribution in [-0.2, 0) is 0 Å². The minimum atomic E-state index is -4.28. The van der Waals surface area contributed by atoms with Gasteiger partial charge in [-0.2, -0.15) is 13.2 Å². The van der Waals surface area contributed by atoms with Gasteiger partial charge in [0.25, 0.3) is 0 Å². The first-order valence-corrected chi connectivity index (χ1v) is 3.92. The Balaban J connectivity index is 2.74. The molecule has 0 unspecified atom stereocenters. The van der Waals surface area contributed by atoms with Gasteiger partial charge in [0, 0.05) is 12.7 Å². The average molecular weight is 207 g/mol. The van der Waals surface area contributed by atoms with Gasteiger partial charge in [-0.3, -0.25) is 0 Å². The summed E-state index contributed by atoms with van der Waals surface area (Å²) in [6.07, 6.45) is -4.28. The summed E-state index contributed by atoms with van der Waals surface area (Å²) in [4.78, 5) is 0.947. The van der Waals surface area contributed by atoms with Gasteiger partial charge < -0.3 is 4.90 Å². The first-order chi connectivity index (χ1) is 6.38. The second-order valence-electron chi connectivity index (χ2n) is 2.95. The molecule has 0 saturated heterocycles. The van der Waals surface area contributed by atoms with Crippen LogP contribution in [0.1, 0.15) is 0 Å². The highest BCUT2D eigenvalue weighted by atomic mass is 19.4. The predicted octanol–water partition coefficient (Wildman–Crippen LogP) is 2.82. The van der Waals surface area contributed by atoms with Gasteiger partial charge in [-0.15, -0.1) is 0 Å². The normalized spacial score (nSPS) is 11.5. The highest BCUT2D eigenvalue weighted by Gasteiger charge is 2.29. The SMILES string of the molecule is CN(CC(F)(F)F)c1cccc(F)c1. The molecule has 0 atom stereocenters. The Labute approximate surface area is 78.9 Å². The number of anilines is 1. The number of alkyl halides is 3. The second kappa shape index (κ2) is 3.86. The molecule has 0 aliphatic rings. The van der Waals surface area contributed by atoms with E-state index in [1.807, 2.05) is 0 Å². The van der Waals surface area contributed by atoms with Gasteiger partial charge in [0.15, 0.2) is 0 Å². The van der Waals surface area contributed by atoms with Crippen LogP contribution < -0.4 is 4.90 Å². The Hall–Kier alpha value is -1.26. The molecular formula is C9H9F4N. The standard InChI is InChI=1S/C9H9F4N/c1-14(6-9(11,12)13)8-4-2-3-7(10)5-8/h2-5H,6H2,1H3. The molecule has 0 radical (unpaired) electrons. The molecule has 5 heteroatoms. The molecule has 0 aromatic heterocycles. The molecule has 1 aromatic rings. The Morgan fingerprint density at radius 2 is 1.93 bits per heavy atom. The molecule has 0 amide bonds. The van der Waals surface area contributed by atoms with Crippen molar-refractivity contribution in [3.05, 3.63) is 30.1 Å². The number of rotatable bonds is 2. The van der Waals surface area contributed by atoms with Gasteiger partial charge in [-0.05, 0) is 18.2 Å². The maximum Gasteiger partial charge on any atom is 0.405 e. The molecule has 0 N–H and O–H groups in total. The quantitative estimate of drug-likeness (QED) is 0.674. The smallest absolute Gasteiger partial charge is 0.366 e. The summed E-state index contributed by atoms with van der Waals surface area (Å²) in [5, 5.41) is 0. The van der Waals surface area contributed by atoms with Gasteiger partial charge in [0.1, 0.15) is 12.4 Å². The Morgan fingerprint density at radius 3 is 2.43 bits per heavy atom. The number of hydrogen-bond acceptors (Lipinski definition) is 1. The van der Waals surface area contributed by atoms with Crippen molar-refractivity contribution in [3.63, 3.8) is 0 Å². The van der Waals surface area contributed by atoms with Crippen molar-refractivity contribution >= 4 is 5.69 Å². The highest BCUT2D eigenvalue weighted by molar-refractivity contribution is 5.45. The molecule has 1 rings (SSSR count). The molecule has 78 valence electrons. The van der Waals surface area contributed by atoms with Crippen LogP contribution >= 0.6 is 0 Å². The minimum Gasteiger partial charge on any atom is -0.366 e. The summed E-state index contributed by atoms with van der Waals surface area (Å²) >= 11 is 0. The molecule has 0 heterocycles. The summed E-state index contributed by atoms with van der Waals surface area (Å²) in [6, 6.07) is 5.04. The van der Waals surface area contributed by atoms with Gasteiger partial charge in [0.05, 0.1) is 0 Å². The van der Waals surface area contributed by atoms with Crippen LogP contribution in [0.5, 0.6) is 0 Å². The van der Waals surface area contributed by atoms with Gasteiger partial charge in [0.2, 0.25) is 0 Å². The van der Waals surface area contributed by atoms with Crippen molar-refractivity contribution in [2.45, 2.75) is 6.18 Å². The third-order valence-electron chi connectivity index (χ3n) is 1.67. The fourth-order valence-corrected chi connectivity index (χ4v) is 1.07. The Morgan fingerprint density at radius 1 is 1.29 bits per heavy atom. The number of benzene rings is 1. The van der Waals surface area contributed by atoms with Crippen molar-refractivity contribution in [2.75, 3.05) is 18.5 Å². The Bertz CT molecular complexity index is 308. The van der Waals surface area contributed by atoms with E-state index in [2.05, 4.69) is 0 Å². The highest BCUT2D eigenvalue weighted by Crippen LogP contribution is 2.20. The molecule has 0 aliphatic heterocycles.